The molecule has 0 radical (unpaired) electrons. The topological polar surface area (TPSA) is 161 Å². The predicted molar refractivity (Wildman–Crippen MR) is 131 cm³/mol. The lowest BCUT2D eigenvalue weighted by Gasteiger charge is -2.31. The molecule has 1 atom stereocenters. The van der Waals surface area contributed by atoms with Gasteiger partial charge < -0.3 is 36.0 Å². The van der Waals surface area contributed by atoms with Crippen molar-refractivity contribution in [3.63, 3.8) is 0 Å². The zero-order valence-corrected chi connectivity index (χ0v) is 20.2. The second-order valence-electron chi connectivity index (χ2n) is 8.68. The van der Waals surface area contributed by atoms with Crippen LogP contribution in [0, 0.1) is 5.92 Å². The van der Waals surface area contributed by atoms with Gasteiger partial charge in [0.15, 0.2) is 5.96 Å². The molecule has 1 fully saturated rings. The number of piperidine rings is 1. The summed E-state index contributed by atoms with van der Waals surface area (Å²) in [6, 6.07) is 7.68. The van der Waals surface area contributed by atoms with E-state index in [4.69, 9.17) is 4.74 Å². The highest BCUT2D eigenvalue weighted by atomic mass is 16.5. The van der Waals surface area contributed by atoms with Crippen LogP contribution in [0.3, 0.4) is 0 Å². The number of guanidine groups is 1. The Balaban J connectivity index is 1.32. The Morgan fingerprint density at radius 2 is 1.92 bits per heavy atom. The Hall–Kier alpha value is -3.83. The second kappa shape index (κ2) is 13.9. The van der Waals surface area contributed by atoms with Crippen molar-refractivity contribution in [2.24, 2.45) is 10.9 Å². The van der Waals surface area contributed by atoms with E-state index in [9.17, 15) is 24.3 Å². The number of amides is 3. The van der Waals surface area contributed by atoms with E-state index in [-0.39, 0.29) is 30.9 Å². The summed E-state index contributed by atoms with van der Waals surface area (Å²) >= 11 is 0. The number of hydrogen-bond donors (Lipinski definition) is 5. The van der Waals surface area contributed by atoms with Gasteiger partial charge in [0.25, 0.3) is 0 Å². The number of alkyl carbamates (subject to hydrolysis) is 1. The molecule has 3 amide bonds. The second-order valence-corrected chi connectivity index (χ2v) is 8.68. The van der Waals surface area contributed by atoms with Crippen LogP contribution in [-0.2, 0) is 25.7 Å². The van der Waals surface area contributed by atoms with Gasteiger partial charge in [-0.1, -0.05) is 30.3 Å². The fourth-order valence-electron chi connectivity index (χ4n) is 3.97. The van der Waals surface area contributed by atoms with Crippen molar-refractivity contribution >= 4 is 29.8 Å². The predicted octanol–water partition coefficient (Wildman–Crippen LogP) is 0.0498. The van der Waals surface area contributed by atoms with Gasteiger partial charge in [0.05, 0.1) is 6.54 Å². The fraction of sp³-hybridized carbons (Fsp3) is 0.542. The largest absolute Gasteiger partial charge is 0.480 e. The number of ether oxygens (including phenoxy) is 1. The number of carboxylic acid groups (broad SMARTS) is 1. The Morgan fingerprint density at radius 3 is 2.58 bits per heavy atom. The fourth-order valence-corrected chi connectivity index (χ4v) is 3.97. The number of carbonyl (C=O) groups is 4. The third-order valence-corrected chi connectivity index (χ3v) is 6.04. The molecule has 1 aromatic rings. The van der Waals surface area contributed by atoms with E-state index in [0.29, 0.717) is 45.3 Å². The molecule has 196 valence electrons. The molecule has 1 saturated heterocycles. The molecule has 12 nitrogen and oxygen atoms in total. The zero-order chi connectivity index (χ0) is 25.8. The van der Waals surface area contributed by atoms with Crippen molar-refractivity contribution in [2.45, 2.75) is 38.3 Å². The van der Waals surface area contributed by atoms with Gasteiger partial charge in [-0.3, -0.25) is 14.6 Å². The normalized spacial score (nSPS) is 16.3. The molecule has 3 rings (SSSR count). The minimum absolute atomic E-state index is 0.00563. The van der Waals surface area contributed by atoms with Gasteiger partial charge in [-0.15, -0.1) is 0 Å². The van der Waals surface area contributed by atoms with E-state index in [1.54, 1.807) is 29.2 Å². The number of benzene rings is 1. The number of carbonyl (C=O) groups excluding carboxylic acids is 3. The van der Waals surface area contributed by atoms with Crippen molar-refractivity contribution in [3.8, 4) is 0 Å². The minimum Gasteiger partial charge on any atom is -0.480 e. The van der Waals surface area contributed by atoms with Crippen molar-refractivity contribution in [1.82, 2.24) is 26.2 Å². The molecule has 0 saturated carbocycles. The first-order valence-corrected chi connectivity index (χ1v) is 12.2. The van der Waals surface area contributed by atoms with E-state index < -0.39 is 18.1 Å². The number of nitrogens with zero attached hydrogens (tertiary/aromatic N) is 2. The molecular formula is C24H34N6O6. The molecule has 0 spiro atoms. The molecule has 0 aromatic heterocycles. The summed E-state index contributed by atoms with van der Waals surface area (Å²) in [6.07, 6.45) is 1.23. The maximum atomic E-state index is 12.6. The van der Waals surface area contributed by atoms with Crippen LogP contribution in [0.5, 0.6) is 0 Å². The molecule has 1 aromatic carbocycles. The number of nitrogens with one attached hydrogen (secondary N) is 4. The van der Waals surface area contributed by atoms with Gasteiger partial charge in [0, 0.05) is 45.1 Å². The summed E-state index contributed by atoms with van der Waals surface area (Å²) in [7, 11) is 0. The molecule has 0 aliphatic carbocycles. The smallest absolute Gasteiger partial charge is 0.408 e. The van der Waals surface area contributed by atoms with Crippen LogP contribution < -0.4 is 21.3 Å². The van der Waals surface area contributed by atoms with Crippen molar-refractivity contribution in [1.29, 1.82) is 0 Å². The molecular weight excluding hydrogens is 468 g/mol. The highest BCUT2D eigenvalue weighted by molar-refractivity contribution is 5.83. The molecule has 2 heterocycles. The molecule has 0 unspecified atom stereocenters. The van der Waals surface area contributed by atoms with E-state index in [1.807, 2.05) is 6.07 Å². The Labute approximate surface area is 209 Å². The van der Waals surface area contributed by atoms with E-state index in [1.165, 1.54) is 0 Å². The maximum absolute atomic E-state index is 12.6. The Kier molecular flexibility index (Phi) is 10.3. The van der Waals surface area contributed by atoms with Crippen LogP contribution in [0.1, 0.15) is 31.2 Å². The molecule has 36 heavy (non-hydrogen) atoms. The first-order valence-electron chi connectivity index (χ1n) is 12.2. The van der Waals surface area contributed by atoms with Crippen LogP contribution in [0.15, 0.2) is 35.3 Å². The molecule has 0 bridgehead atoms. The van der Waals surface area contributed by atoms with E-state index >= 15 is 0 Å². The molecule has 2 aliphatic rings. The monoisotopic (exact) mass is 502 g/mol. The van der Waals surface area contributed by atoms with Gasteiger partial charge in [0.2, 0.25) is 11.8 Å². The van der Waals surface area contributed by atoms with Crippen molar-refractivity contribution in [3.05, 3.63) is 35.9 Å². The number of carboxylic acids is 1. The van der Waals surface area contributed by atoms with Crippen LogP contribution in [0.25, 0.3) is 0 Å². The first kappa shape index (κ1) is 26.8. The first-order chi connectivity index (χ1) is 17.4. The number of aliphatic imine (C=N–C) groups is 1. The quantitative estimate of drug-likeness (QED) is 0.265. The number of rotatable bonds is 11. The van der Waals surface area contributed by atoms with Gasteiger partial charge in [-0.2, -0.15) is 0 Å². The minimum atomic E-state index is -1.32. The van der Waals surface area contributed by atoms with Gasteiger partial charge >= 0.3 is 12.1 Å². The number of aliphatic carboxylic acids is 1. The van der Waals surface area contributed by atoms with Gasteiger partial charge in [-0.25, -0.2) is 9.59 Å². The third kappa shape index (κ3) is 8.75. The summed E-state index contributed by atoms with van der Waals surface area (Å²) in [4.78, 5) is 54.5. The van der Waals surface area contributed by atoms with Crippen LogP contribution in [0.2, 0.25) is 0 Å². The maximum Gasteiger partial charge on any atom is 0.408 e. The van der Waals surface area contributed by atoms with Crippen LogP contribution in [0.4, 0.5) is 4.79 Å². The summed E-state index contributed by atoms with van der Waals surface area (Å²) in [6.45, 7) is 2.95. The zero-order valence-electron chi connectivity index (χ0n) is 20.2. The summed E-state index contributed by atoms with van der Waals surface area (Å²) in [5.74, 6) is -1.05. The Bertz CT molecular complexity index is 932. The third-order valence-electron chi connectivity index (χ3n) is 6.04. The van der Waals surface area contributed by atoms with Gasteiger partial charge in [0.1, 0.15) is 12.6 Å². The van der Waals surface area contributed by atoms with Gasteiger partial charge in [-0.05, 0) is 24.8 Å². The lowest BCUT2D eigenvalue weighted by molar-refractivity contribution is -0.140. The van der Waals surface area contributed by atoms with Crippen LogP contribution in [-0.4, -0.2) is 85.2 Å². The van der Waals surface area contributed by atoms with Crippen molar-refractivity contribution in [2.75, 3.05) is 39.3 Å². The highest BCUT2D eigenvalue weighted by Crippen LogP contribution is 2.18. The Morgan fingerprint density at radius 1 is 1.17 bits per heavy atom. The highest BCUT2D eigenvalue weighted by Gasteiger charge is 2.28. The van der Waals surface area contributed by atoms with E-state index in [2.05, 4.69) is 26.3 Å². The lowest BCUT2D eigenvalue weighted by Crippen LogP contribution is -2.50. The van der Waals surface area contributed by atoms with Crippen LogP contribution >= 0.6 is 0 Å². The molecule has 2 aliphatic heterocycles. The molecule has 12 heteroatoms. The van der Waals surface area contributed by atoms with Crippen molar-refractivity contribution < 1.29 is 29.0 Å². The summed E-state index contributed by atoms with van der Waals surface area (Å²) in [5.41, 5.74) is 0.769. The summed E-state index contributed by atoms with van der Waals surface area (Å²) < 4.78 is 5.05. The van der Waals surface area contributed by atoms with E-state index in [0.717, 1.165) is 24.6 Å². The lowest BCUT2D eigenvalue weighted by atomic mass is 9.95. The number of hydrogen-bond acceptors (Lipinski definition) is 8. The average molecular weight is 503 g/mol. The number of likely N-dealkylation sites (tertiary alicyclic amines) is 1. The summed E-state index contributed by atoms with van der Waals surface area (Å²) in [5, 5.41) is 20.5. The average Bonchev–Trinajstić information content (AvgIpc) is 3.41. The molecule has 5 N–H and O–H groups in total. The SMILES string of the molecule is O=C(N[C@@H](CNC(=O)C1CCN(C(=O)CCCNC2=NCCN2)CC1)C(=O)O)OCc1ccccc1. The standard InChI is InChI=1S/C24H34N6O6/c31-20(7-4-10-25-23-26-11-12-27-23)30-13-8-18(9-14-30)21(32)28-15-19(22(33)34)29-24(35)36-16-17-5-2-1-3-6-17/h1-3,5-6,18-19H,4,7-16H2,(H,28,32)(H,29,35)(H,33,34)(H2,25,26,27)/t19-/m0/s1.